The molecule has 0 atom stereocenters. The molecular formula is C20H40O2. The van der Waals surface area contributed by atoms with E-state index >= 15 is 0 Å². The summed E-state index contributed by atoms with van der Waals surface area (Å²) < 4.78 is 5.51. The second kappa shape index (κ2) is 11.1. The smallest absolute Gasteiger partial charge is 0.312 e. The van der Waals surface area contributed by atoms with Crippen LogP contribution in [0.15, 0.2) is 0 Å². The molecule has 0 aliphatic carbocycles. The summed E-state index contributed by atoms with van der Waals surface area (Å²) in [5.74, 6) is -0.0593. The maximum absolute atomic E-state index is 12.1. The van der Waals surface area contributed by atoms with Crippen molar-refractivity contribution in [2.75, 3.05) is 0 Å². The maximum Gasteiger partial charge on any atom is 0.312 e. The molecule has 0 rings (SSSR count). The molecule has 0 saturated carbocycles. The predicted octanol–water partition coefficient (Wildman–Crippen LogP) is 6.67. The van der Waals surface area contributed by atoms with Crippen LogP contribution >= 0.6 is 0 Å². The maximum atomic E-state index is 12.1. The minimum atomic E-state index is -0.383. The Morgan fingerprint density at radius 3 is 1.55 bits per heavy atom. The number of hydrogen-bond acceptors (Lipinski definition) is 2. The highest BCUT2D eigenvalue weighted by atomic mass is 16.6. The van der Waals surface area contributed by atoms with Gasteiger partial charge in [0.1, 0.15) is 5.60 Å². The fourth-order valence-corrected chi connectivity index (χ4v) is 2.57. The van der Waals surface area contributed by atoms with Gasteiger partial charge in [0.15, 0.2) is 0 Å². The van der Waals surface area contributed by atoms with Crippen molar-refractivity contribution in [2.24, 2.45) is 5.41 Å². The first kappa shape index (κ1) is 21.5. The lowest BCUT2D eigenvalue weighted by atomic mass is 9.86. The van der Waals surface area contributed by atoms with Crippen LogP contribution in [0.1, 0.15) is 112 Å². The molecule has 0 aromatic rings. The average Bonchev–Trinajstić information content (AvgIpc) is 2.39. The van der Waals surface area contributed by atoms with Gasteiger partial charge in [0, 0.05) is 0 Å². The monoisotopic (exact) mass is 312 g/mol. The quantitative estimate of drug-likeness (QED) is 0.297. The molecule has 0 spiro atoms. The molecule has 2 heteroatoms. The number of ether oxygens (including phenoxy) is 1. The summed E-state index contributed by atoms with van der Waals surface area (Å²) in [6, 6.07) is 0. The SMILES string of the molecule is CCCCCCCCCCCCC(C)(C)C(=O)OC(C)(C)C. The van der Waals surface area contributed by atoms with Crippen molar-refractivity contribution < 1.29 is 9.53 Å². The van der Waals surface area contributed by atoms with Gasteiger partial charge >= 0.3 is 5.97 Å². The van der Waals surface area contributed by atoms with E-state index in [1.807, 2.05) is 34.6 Å². The fraction of sp³-hybridized carbons (Fsp3) is 0.950. The third-order valence-electron chi connectivity index (χ3n) is 4.11. The van der Waals surface area contributed by atoms with Crippen LogP contribution in [0.5, 0.6) is 0 Å². The van der Waals surface area contributed by atoms with E-state index in [2.05, 4.69) is 6.92 Å². The minimum Gasteiger partial charge on any atom is -0.460 e. The summed E-state index contributed by atoms with van der Waals surface area (Å²) in [6.07, 6.45) is 14.2. The molecule has 0 saturated heterocycles. The Hall–Kier alpha value is -0.530. The molecule has 0 N–H and O–H groups in total. The molecule has 22 heavy (non-hydrogen) atoms. The lowest BCUT2D eigenvalue weighted by Crippen LogP contribution is -2.33. The number of hydrogen-bond donors (Lipinski definition) is 0. The van der Waals surface area contributed by atoms with Crippen molar-refractivity contribution in [1.29, 1.82) is 0 Å². The van der Waals surface area contributed by atoms with Gasteiger partial charge in [0.2, 0.25) is 0 Å². The van der Waals surface area contributed by atoms with Gasteiger partial charge in [0.25, 0.3) is 0 Å². The minimum absolute atomic E-state index is 0.0593. The van der Waals surface area contributed by atoms with Crippen molar-refractivity contribution in [2.45, 2.75) is 118 Å². The standard InChI is InChI=1S/C20H40O2/c1-7-8-9-10-11-12-13-14-15-16-17-20(5,6)18(21)22-19(2,3)4/h7-17H2,1-6H3. The molecule has 0 radical (unpaired) electrons. The van der Waals surface area contributed by atoms with Gasteiger partial charge in [0.05, 0.1) is 5.41 Å². The van der Waals surface area contributed by atoms with Gasteiger partial charge < -0.3 is 4.74 Å². The number of carbonyl (C=O) groups is 1. The van der Waals surface area contributed by atoms with Crippen LogP contribution in [-0.2, 0) is 9.53 Å². The normalized spacial score (nSPS) is 12.5. The highest BCUT2D eigenvalue weighted by molar-refractivity contribution is 5.76. The fourth-order valence-electron chi connectivity index (χ4n) is 2.57. The van der Waals surface area contributed by atoms with Crippen molar-refractivity contribution in [3.8, 4) is 0 Å². The van der Waals surface area contributed by atoms with Crippen LogP contribution in [-0.4, -0.2) is 11.6 Å². The highest BCUT2D eigenvalue weighted by Gasteiger charge is 2.31. The summed E-state index contributed by atoms with van der Waals surface area (Å²) >= 11 is 0. The van der Waals surface area contributed by atoms with Crippen LogP contribution in [0.4, 0.5) is 0 Å². The zero-order valence-corrected chi connectivity index (χ0v) is 16.1. The van der Waals surface area contributed by atoms with E-state index in [1.165, 1.54) is 57.8 Å². The van der Waals surface area contributed by atoms with Crippen molar-refractivity contribution in [3.63, 3.8) is 0 Å². The molecule has 0 aliphatic heterocycles. The van der Waals surface area contributed by atoms with Gasteiger partial charge in [-0.05, 0) is 41.0 Å². The van der Waals surface area contributed by atoms with Crippen LogP contribution in [0.2, 0.25) is 0 Å². The molecule has 0 aromatic carbocycles. The molecule has 0 aromatic heterocycles. The van der Waals surface area contributed by atoms with E-state index in [-0.39, 0.29) is 17.0 Å². The summed E-state index contributed by atoms with van der Waals surface area (Å²) in [5, 5.41) is 0. The van der Waals surface area contributed by atoms with Crippen LogP contribution < -0.4 is 0 Å². The van der Waals surface area contributed by atoms with Crippen LogP contribution in [0, 0.1) is 5.41 Å². The van der Waals surface area contributed by atoms with Gasteiger partial charge in [-0.1, -0.05) is 71.1 Å². The van der Waals surface area contributed by atoms with E-state index in [9.17, 15) is 4.79 Å². The average molecular weight is 313 g/mol. The second-order valence-electron chi connectivity index (χ2n) is 8.32. The van der Waals surface area contributed by atoms with Crippen molar-refractivity contribution in [3.05, 3.63) is 0 Å². The number of unbranched alkanes of at least 4 members (excludes halogenated alkanes) is 9. The number of rotatable bonds is 12. The summed E-state index contributed by atoms with van der Waals surface area (Å²) in [4.78, 5) is 12.1. The van der Waals surface area contributed by atoms with E-state index in [0.29, 0.717) is 0 Å². The summed E-state index contributed by atoms with van der Waals surface area (Å²) in [5.41, 5.74) is -0.737. The lowest BCUT2D eigenvalue weighted by molar-refractivity contribution is -0.166. The van der Waals surface area contributed by atoms with E-state index in [1.54, 1.807) is 0 Å². The molecule has 0 heterocycles. The highest BCUT2D eigenvalue weighted by Crippen LogP contribution is 2.28. The Labute approximate surface area is 139 Å². The van der Waals surface area contributed by atoms with Gasteiger partial charge in [-0.2, -0.15) is 0 Å². The third kappa shape index (κ3) is 12.1. The molecule has 0 amide bonds. The summed E-state index contributed by atoms with van der Waals surface area (Å²) in [6.45, 7) is 12.1. The second-order valence-corrected chi connectivity index (χ2v) is 8.32. The van der Waals surface area contributed by atoms with Crippen LogP contribution in [0.3, 0.4) is 0 Å². The molecule has 0 aliphatic rings. The van der Waals surface area contributed by atoms with Gasteiger partial charge in [-0.15, -0.1) is 0 Å². The van der Waals surface area contributed by atoms with Gasteiger partial charge in [-0.25, -0.2) is 0 Å². The van der Waals surface area contributed by atoms with Crippen LogP contribution in [0.25, 0.3) is 0 Å². The molecule has 2 nitrogen and oxygen atoms in total. The largest absolute Gasteiger partial charge is 0.460 e. The Bertz CT molecular complexity index is 287. The Morgan fingerprint density at radius 2 is 1.14 bits per heavy atom. The Morgan fingerprint density at radius 1 is 0.727 bits per heavy atom. The third-order valence-corrected chi connectivity index (χ3v) is 4.11. The molecule has 132 valence electrons. The first-order valence-electron chi connectivity index (χ1n) is 9.42. The van der Waals surface area contributed by atoms with E-state index < -0.39 is 0 Å². The molecule has 0 bridgehead atoms. The molecule has 0 unspecified atom stereocenters. The Balaban J connectivity index is 3.62. The topological polar surface area (TPSA) is 26.3 Å². The van der Waals surface area contributed by atoms with Crippen molar-refractivity contribution >= 4 is 5.97 Å². The zero-order valence-electron chi connectivity index (χ0n) is 16.1. The first-order valence-corrected chi connectivity index (χ1v) is 9.42. The van der Waals surface area contributed by atoms with Crippen molar-refractivity contribution in [1.82, 2.24) is 0 Å². The zero-order chi connectivity index (χ0) is 17.1. The molecule has 0 fully saturated rings. The summed E-state index contributed by atoms with van der Waals surface area (Å²) in [7, 11) is 0. The van der Waals surface area contributed by atoms with E-state index in [0.717, 1.165) is 12.8 Å². The predicted molar refractivity (Wildman–Crippen MR) is 96.1 cm³/mol. The van der Waals surface area contributed by atoms with Gasteiger partial charge in [-0.3, -0.25) is 4.79 Å². The Kier molecular flexibility index (Phi) is 10.8. The number of esters is 1. The molecular weight excluding hydrogens is 272 g/mol. The first-order chi connectivity index (χ1) is 10.2. The van der Waals surface area contributed by atoms with E-state index in [4.69, 9.17) is 4.74 Å². The number of carbonyl (C=O) groups excluding carboxylic acids is 1. The lowest BCUT2D eigenvalue weighted by Gasteiger charge is -2.28.